The highest BCUT2D eigenvalue weighted by molar-refractivity contribution is 7.16. The van der Waals surface area contributed by atoms with E-state index in [0.717, 1.165) is 23.5 Å². The van der Waals surface area contributed by atoms with Gasteiger partial charge in [0, 0.05) is 0 Å². The van der Waals surface area contributed by atoms with Crippen LogP contribution >= 0.6 is 46.1 Å². The molecule has 1 aromatic heterocycles. The van der Waals surface area contributed by atoms with Crippen LogP contribution in [0.25, 0.3) is 5.57 Å². The molecule has 0 aliphatic carbocycles. The zero-order valence-electron chi connectivity index (χ0n) is 16.2. The van der Waals surface area contributed by atoms with E-state index < -0.39 is 34.7 Å². The number of thiophene rings is 1. The van der Waals surface area contributed by atoms with Gasteiger partial charge in [0.1, 0.15) is 10.5 Å². The molecule has 0 amide bonds. The molecule has 2 aromatic rings. The molecule has 0 saturated carbocycles. The molecule has 1 heterocycles. The Balaban J connectivity index is 2.48. The van der Waals surface area contributed by atoms with Gasteiger partial charge in [-0.3, -0.25) is 4.79 Å². The van der Waals surface area contributed by atoms with E-state index in [1.807, 2.05) is 0 Å². The molecule has 0 saturated heterocycles. The zero-order chi connectivity index (χ0) is 23.0. The summed E-state index contributed by atoms with van der Waals surface area (Å²) in [6, 6.07) is 3.31. The summed E-state index contributed by atoms with van der Waals surface area (Å²) in [4.78, 5) is 24.9. The Morgan fingerprint density at radius 3 is 2.03 bits per heavy atom. The van der Waals surface area contributed by atoms with Gasteiger partial charge in [0.25, 0.3) is 0 Å². The van der Waals surface area contributed by atoms with Gasteiger partial charge in [-0.05, 0) is 63.1 Å². The van der Waals surface area contributed by atoms with Crippen molar-refractivity contribution in [2.45, 2.75) is 39.5 Å². The minimum absolute atomic E-state index is 0.0405. The average molecular weight is 500 g/mol. The third-order valence-corrected chi connectivity index (χ3v) is 6.05. The monoisotopic (exact) mass is 498 g/mol. The van der Waals surface area contributed by atoms with Crippen LogP contribution in [0.4, 0.5) is 13.2 Å². The van der Waals surface area contributed by atoms with Gasteiger partial charge in [-0.15, -0.1) is 11.3 Å². The van der Waals surface area contributed by atoms with E-state index in [9.17, 15) is 22.8 Å². The van der Waals surface area contributed by atoms with Crippen molar-refractivity contribution >= 4 is 63.5 Å². The molecule has 0 fully saturated rings. The summed E-state index contributed by atoms with van der Waals surface area (Å²) in [6.07, 6.45) is -4.42. The van der Waals surface area contributed by atoms with Crippen molar-refractivity contribution < 1.29 is 27.5 Å². The second kappa shape index (κ2) is 8.91. The van der Waals surface area contributed by atoms with Crippen LogP contribution in [0.15, 0.2) is 24.3 Å². The maximum atomic E-state index is 13.6. The van der Waals surface area contributed by atoms with Gasteiger partial charge < -0.3 is 4.74 Å². The normalized spacial score (nSPS) is 12.8. The molecule has 3 nitrogen and oxygen atoms in total. The average Bonchev–Trinajstić information content (AvgIpc) is 2.96. The van der Waals surface area contributed by atoms with Gasteiger partial charge in [0.15, 0.2) is 5.78 Å². The van der Waals surface area contributed by atoms with E-state index in [1.165, 1.54) is 6.07 Å². The number of hydrogen-bond donors (Lipinski definition) is 0. The van der Waals surface area contributed by atoms with Gasteiger partial charge in [-0.2, -0.15) is 13.2 Å². The van der Waals surface area contributed by atoms with E-state index in [2.05, 4.69) is 0 Å². The number of alkyl halides is 3. The molecule has 0 atom stereocenters. The molecule has 0 aliphatic heterocycles. The molecule has 0 spiro atoms. The number of carbonyl (C=O) groups excluding carboxylic acids is 2. The number of rotatable bonds is 4. The molecule has 0 radical (unpaired) electrons. The molecule has 2 rings (SSSR count). The molecule has 0 N–H and O–H groups in total. The largest absolute Gasteiger partial charge is 0.456 e. The lowest BCUT2D eigenvalue weighted by Gasteiger charge is -2.19. The summed E-state index contributed by atoms with van der Waals surface area (Å²) in [5, 5.41) is -0.451. The van der Waals surface area contributed by atoms with Crippen LogP contribution in [0.3, 0.4) is 0 Å². The highest BCUT2D eigenvalue weighted by Gasteiger charge is 2.36. The Hall–Kier alpha value is -1.54. The molecule has 162 valence electrons. The minimum Gasteiger partial charge on any atom is -0.456 e. The molecule has 1 aromatic carbocycles. The van der Waals surface area contributed by atoms with Crippen LogP contribution in [0.2, 0.25) is 15.1 Å². The highest BCUT2D eigenvalue weighted by atomic mass is 35.5. The lowest BCUT2D eigenvalue weighted by atomic mass is 10.0. The van der Waals surface area contributed by atoms with Crippen molar-refractivity contribution in [3.8, 4) is 0 Å². The summed E-state index contributed by atoms with van der Waals surface area (Å²) in [6.45, 7) is 6.61. The van der Waals surface area contributed by atoms with Gasteiger partial charge in [-0.1, -0.05) is 34.8 Å². The number of aryl methyl sites for hydroxylation is 1. The summed E-state index contributed by atoms with van der Waals surface area (Å²) in [5.41, 5.74) is -1.97. The maximum absolute atomic E-state index is 13.6. The van der Waals surface area contributed by atoms with E-state index in [-0.39, 0.29) is 24.8 Å². The van der Waals surface area contributed by atoms with Crippen LogP contribution in [0, 0.1) is 6.92 Å². The zero-order valence-corrected chi connectivity index (χ0v) is 19.3. The number of hydrogen-bond acceptors (Lipinski definition) is 4. The summed E-state index contributed by atoms with van der Waals surface area (Å²) >= 11 is 18.2. The van der Waals surface area contributed by atoms with Gasteiger partial charge in [-0.25, -0.2) is 4.79 Å². The van der Waals surface area contributed by atoms with Crippen LogP contribution in [0.5, 0.6) is 0 Å². The number of carbonyl (C=O) groups is 2. The maximum Gasteiger partial charge on any atom is 0.417 e. The first-order chi connectivity index (χ1) is 13.6. The predicted molar refractivity (Wildman–Crippen MR) is 114 cm³/mol. The molecular formula is C20H16Cl3F3O3S. The standard InChI is InChI=1S/C20H16Cl3F3O3S/c1-9-5-15(30-17(9)18(28)29-19(2,3)4)14(27)8-11(20(24,25)26)10-6-12(21)16(23)13(22)7-10/h5-8H,1-4H3. The van der Waals surface area contributed by atoms with Crippen molar-refractivity contribution in [2.75, 3.05) is 0 Å². The molecule has 10 heteroatoms. The van der Waals surface area contributed by atoms with Gasteiger partial charge in [0.05, 0.1) is 25.5 Å². The van der Waals surface area contributed by atoms with Crippen molar-refractivity contribution in [3.63, 3.8) is 0 Å². The van der Waals surface area contributed by atoms with Crippen LogP contribution in [0.1, 0.15) is 51.2 Å². The van der Waals surface area contributed by atoms with E-state index in [0.29, 0.717) is 11.6 Å². The molecule has 0 unspecified atom stereocenters. The van der Waals surface area contributed by atoms with Gasteiger partial charge >= 0.3 is 12.1 Å². The van der Waals surface area contributed by atoms with Gasteiger partial charge in [0.2, 0.25) is 0 Å². The topological polar surface area (TPSA) is 43.4 Å². The third kappa shape index (κ3) is 6.00. The smallest absolute Gasteiger partial charge is 0.417 e. The van der Waals surface area contributed by atoms with E-state index >= 15 is 0 Å². The molecule has 30 heavy (non-hydrogen) atoms. The minimum atomic E-state index is -4.86. The number of esters is 1. The number of allylic oxidation sites excluding steroid dienone is 2. The first-order valence-corrected chi connectivity index (χ1v) is 10.4. The number of ether oxygens (including phenoxy) is 1. The summed E-state index contributed by atoms with van der Waals surface area (Å²) < 4.78 is 46.2. The van der Waals surface area contributed by atoms with E-state index in [4.69, 9.17) is 39.5 Å². The number of ketones is 1. The Morgan fingerprint density at radius 2 is 1.57 bits per heavy atom. The third-order valence-electron chi connectivity index (χ3n) is 3.62. The Labute approximate surface area is 190 Å². The van der Waals surface area contributed by atoms with Crippen LogP contribution < -0.4 is 0 Å². The molecule has 0 bridgehead atoms. The Morgan fingerprint density at radius 1 is 1.03 bits per heavy atom. The van der Waals surface area contributed by atoms with Crippen LogP contribution in [-0.2, 0) is 4.74 Å². The number of benzene rings is 1. The van der Waals surface area contributed by atoms with Crippen molar-refractivity contribution in [1.29, 1.82) is 0 Å². The molecular weight excluding hydrogens is 484 g/mol. The highest BCUT2D eigenvalue weighted by Crippen LogP contribution is 2.40. The lowest BCUT2D eigenvalue weighted by molar-refractivity contribution is -0.0689. The Bertz CT molecular complexity index is 1010. The van der Waals surface area contributed by atoms with Crippen molar-refractivity contribution in [3.05, 3.63) is 60.2 Å². The fourth-order valence-corrected chi connectivity index (χ4v) is 3.93. The predicted octanol–water partition coefficient (Wildman–Crippen LogP) is 7.80. The second-order valence-electron chi connectivity index (χ2n) is 7.30. The van der Waals surface area contributed by atoms with Crippen molar-refractivity contribution in [2.24, 2.45) is 0 Å². The lowest BCUT2D eigenvalue weighted by Crippen LogP contribution is -2.23. The first-order valence-electron chi connectivity index (χ1n) is 8.42. The van der Waals surface area contributed by atoms with E-state index in [1.54, 1.807) is 27.7 Å². The fourth-order valence-electron chi connectivity index (χ4n) is 2.37. The second-order valence-corrected chi connectivity index (χ2v) is 9.54. The first kappa shape index (κ1) is 24.7. The summed E-state index contributed by atoms with van der Waals surface area (Å²) in [5.74, 6) is -1.58. The van der Waals surface area contributed by atoms with Crippen molar-refractivity contribution in [1.82, 2.24) is 0 Å². The number of halogens is 6. The summed E-state index contributed by atoms with van der Waals surface area (Å²) in [7, 11) is 0. The Kier molecular flexibility index (Phi) is 7.34. The molecule has 0 aliphatic rings. The SMILES string of the molecule is Cc1cc(C(=O)C=C(c2cc(Cl)c(Cl)c(Cl)c2)C(F)(F)F)sc1C(=O)OC(C)(C)C. The fraction of sp³-hybridized carbons (Fsp3) is 0.300. The quantitative estimate of drug-likeness (QED) is 0.186. The van der Waals surface area contributed by atoms with Crippen LogP contribution in [-0.4, -0.2) is 23.5 Å².